The highest BCUT2D eigenvalue weighted by atomic mass is 16.4. The Morgan fingerprint density at radius 2 is 1.70 bits per heavy atom. The highest BCUT2D eigenvalue weighted by Crippen LogP contribution is 2.24. The standard InChI is InChI=1S/C15H28N2O3/c1-5-16(6-2)12-7-9-17(10-8-12)13(18)11-15(3,4)14(19)20/h12H,5-11H2,1-4H3,(H,19,20). The number of carboxylic acids is 1. The topological polar surface area (TPSA) is 60.9 Å². The van der Waals surface area contributed by atoms with E-state index in [1.807, 2.05) is 4.90 Å². The van der Waals surface area contributed by atoms with Crippen LogP contribution in [0.5, 0.6) is 0 Å². The lowest BCUT2D eigenvalue weighted by atomic mass is 9.88. The molecule has 1 aliphatic heterocycles. The average Bonchev–Trinajstić information content (AvgIpc) is 2.40. The van der Waals surface area contributed by atoms with Crippen LogP contribution < -0.4 is 0 Å². The van der Waals surface area contributed by atoms with Crippen molar-refractivity contribution in [1.29, 1.82) is 0 Å². The first kappa shape index (κ1) is 17.0. The summed E-state index contributed by atoms with van der Waals surface area (Å²) in [5, 5.41) is 9.09. The molecule has 0 bridgehead atoms. The molecule has 1 heterocycles. The fourth-order valence-corrected chi connectivity index (χ4v) is 2.79. The molecule has 116 valence electrons. The van der Waals surface area contributed by atoms with Crippen LogP contribution >= 0.6 is 0 Å². The van der Waals surface area contributed by atoms with E-state index in [1.54, 1.807) is 13.8 Å². The summed E-state index contributed by atoms with van der Waals surface area (Å²) >= 11 is 0. The molecule has 0 aromatic carbocycles. The minimum Gasteiger partial charge on any atom is -0.481 e. The van der Waals surface area contributed by atoms with Gasteiger partial charge < -0.3 is 14.9 Å². The lowest BCUT2D eigenvalue weighted by molar-refractivity contribution is -0.151. The van der Waals surface area contributed by atoms with Crippen LogP contribution in [0.4, 0.5) is 0 Å². The normalized spacial score (nSPS) is 17.6. The molecule has 0 atom stereocenters. The number of aliphatic carboxylic acids is 1. The van der Waals surface area contributed by atoms with E-state index in [4.69, 9.17) is 5.11 Å². The molecule has 5 nitrogen and oxygen atoms in total. The van der Waals surface area contributed by atoms with Crippen LogP contribution in [0.2, 0.25) is 0 Å². The van der Waals surface area contributed by atoms with E-state index in [9.17, 15) is 9.59 Å². The molecule has 0 spiro atoms. The quantitative estimate of drug-likeness (QED) is 0.808. The van der Waals surface area contributed by atoms with E-state index in [0.717, 1.165) is 39.0 Å². The van der Waals surface area contributed by atoms with E-state index in [0.29, 0.717) is 6.04 Å². The number of hydrogen-bond donors (Lipinski definition) is 1. The Morgan fingerprint density at radius 3 is 2.10 bits per heavy atom. The molecular weight excluding hydrogens is 256 g/mol. The molecule has 0 aromatic rings. The Kier molecular flexibility index (Phi) is 5.99. The smallest absolute Gasteiger partial charge is 0.309 e. The van der Waals surface area contributed by atoms with Crippen LogP contribution in [0.1, 0.15) is 47.0 Å². The Morgan fingerprint density at radius 1 is 1.20 bits per heavy atom. The Hall–Kier alpha value is -1.10. The fraction of sp³-hybridized carbons (Fsp3) is 0.867. The van der Waals surface area contributed by atoms with Crippen molar-refractivity contribution >= 4 is 11.9 Å². The van der Waals surface area contributed by atoms with Crippen molar-refractivity contribution in [2.75, 3.05) is 26.2 Å². The predicted octanol–water partition coefficient (Wildman–Crippen LogP) is 1.82. The SMILES string of the molecule is CCN(CC)C1CCN(C(=O)CC(C)(C)C(=O)O)CC1. The van der Waals surface area contributed by atoms with E-state index in [2.05, 4.69) is 18.7 Å². The molecule has 1 fully saturated rings. The zero-order chi connectivity index (χ0) is 15.3. The van der Waals surface area contributed by atoms with E-state index >= 15 is 0 Å². The number of carboxylic acid groups (broad SMARTS) is 1. The van der Waals surface area contributed by atoms with Crippen LogP contribution in [0.25, 0.3) is 0 Å². The third-order valence-electron chi connectivity index (χ3n) is 4.32. The van der Waals surface area contributed by atoms with Gasteiger partial charge in [-0.05, 0) is 39.8 Å². The maximum absolute atomic E-state index is 12.2. The van der Waals surface area contributed by atoms with Crippen molar-refractivity contribution in [2.45, 2.75) is 53.0 Å². The van der Waals surface area contributed by atoms with Crippen LogP contribution in [-0.4, -0.2) is 59.0 Å². The first-order valence-corrected chi connectivity index (χ1v) is 7.57. The average molecular weight is 284 g/mol. The summed E-state index contributed by atoms with van der Waals surface area (Å²) in [5.74, 6) is -0.945. The maximum Gasteiger partial charge on any atom is 0.309 e. The van der Waals surface area contributed by atoms with Crippen molar-refractivity contribution in [3.05, 3.63) is 0 Å². The maximum atomic E-state index is 12.2. The molecule has 20 heavy (non-hydrogen) atoms. The molecular formula is C15H28N2O3. The number of likely N-dealkylation sites (tertiary alicyclic amines) is 1. The highest BCUT2D eigenvalue weighted by molar-refractivity contribution is 5.84. The minimum absolute atomic E-state index is 0.0320. The van der Waals surface area contributed by atoms with Crippen molar-refractivity contribution < 1.29 is 14.7 Å². The molecule has 5 heteroatoms. The highest BCUT2D eigenvalue weighted by Gasteiger charge is 2.33. The van der Waals surface area contributed by atoms with Gasteiger partial charge in [-0.2, -0.15) is 0 Å². The van der Waals surface area contributed by atoms with Crippen LogP contribution in [0, 0.1) is 5.41 Å². The number of amides is 1. The second kappa shape index (κ2) is 7.07. The molecule has 0 radical (unpaired) electrons. The van der Waals surface area contributed by atoms with E-state index in [1.165, 1.54) is 0 Å². The Bertz CT molecular complexity index is 343. The van der Waals surface area contributed by atoms with Crippen molar-refractivity contribution in [1.82, 2.24) is 9.80 Å². The van der Waals surface area contributed by atoms with Crippen LogP contribution in [0.15, 0.2) is 0 Å². The second-order valence-electron chi connectivity index (χ2n) is 6.20. The molecule has 1 rings (SSSR count). The zero-order valence-electron chi connectivity index (χ0n) is 13.2. The lowest BCUT2D eigenvalue weighted by Gasteiger charge is -2.38. The van der Waals surface area contributed by atoms with Gasteiger partial charge in [-0.15, -0.1) is 0 Å². The lowest BCUT2D eigenvalue weighted by Crippen LogP contribution is -2.47. The van der Waals surface area contributed by atoms with Crippen molar-refractivity contribution in [3.63, 3.8) is 0 Å². The molecule has 1 amide bonds. The number of hydrogen-bond acceptors (Lipinski definition) is 3. The van der Waals surface area contributed by atoms with Crippen molar-refractivity contribution in [3.8, 4) is 0 Å². The first-order valence-electron chi connectivity index (χ1n) is 7.57. The third kappa shape index (κ3) is 4.20. The van der Waals surface area contributed by atoms with Gasteiger partial charge in [0, 0.05) is 25.6 Å². The predicted molar refractivity (Wildman–Crippen MR) is 78.6 cm³/mol. The minimum atomic E-state index is -0.979. The Labute approximate surface area is 121 Å². The second-order valence-corrected chi connectivity index (χ2v) is 6.20. The van der Waals surface area contributed by atoms with Gasteiger partial charge in [0.05, 0.1) is 5.41 Å². The molecule has 0 aromatic heterocycles. The number of rotatable bonds is 6. The van der Waals surface area contributed by atoms with Gasteiger partial charge in [-0.3, -0.25) is 9.59 Å². The van der Waals surface area contributed by atoms with Gasteiger partial charge in [0.15, 0.2) is 0 Å². The van der Waals surface area contributed by atoms with Crippen molar-refractivity contribution in [2.24, 2.45) is 5.41 Å². The molecule has 0 aliphatic carbocycles. The summed E-state index contributed by atoms with van der Waals surface area (Å²) in [5.41, 5.74) is -0.979. The fourth-order valence-electron chi connectivity index (χ4n) is 2.79. The first-order chi connectivity index (χ1) is 9.31. The van der Waals surface area contributed by atoms with Gasteiger partial charge >= 0.3 is 5.97 Å². The Balaban J connectivity index is 2.49. The number of carbonyl (C=O) groups excluding carboxylic acids is 1. The summed E-state index contributed by atoms with van der Waals surface area (Å²) in [6.45, 7) is 11.1. The number of piperidine rings is 1. The van der Waals surface area contributed by atoms with Crippen LogP contribution in [-0.2, 0) is 9.59 Å². The van der Waals surface area contributed by atoms with E-state index < -0.39 is 11.4 Å². The molecule has 0 unspecified atom stereocenters. The molecule has 0 saturated carbocycles. The molecule has 1 saturated heterocycles. The zero-order valence-corrected chi connectivity index (χ0v) is 13.2. The largest absolute Gasteiger partial charge is 0.481 e. The van der Waals surface area contributed by atoms with E-state index in [-0.39, 0.29) is 12.3 Å². The molecule has 1 aliphatic rings. The summed E-state index contributed by atoms with van der Waals surface area (Å²) in [6.07, 6.45) is 2.06. The van der Waals surface area contributed by atoms with Gasteiger partial charge in [0.1, 0.15) is 0 Å². The summed E-state index contributed by atoms with van der Waals surface area (Å²) in [7, 11) is 0. The monoisotopic (exact) mass is 284 g/mol. The number of nitrogens with zero attached hydrogens (tertiary/aromatic N) is 2. The van der Waals surface area contributed by atoms with Gasteiger partial charge in [0.25, 0.3) is 0 Å². The third-order valence-corrected chi connectivity index (χ3v) is 4.32. The summed E-state index contributed by atoms with van der Waals surface area (Å²) in [4.78, 5) is 27.5. The summed E-state index contributed by atoms with van der Waals surface area (Å²) < 4.78 is 0. The number of carbonyl (C=O) groups is 2. The molecule has 1 N–H and O–H groups in total. The van der Waals surface area contributed by atoms with Gasteiger partial charge in [-0.25, -0.2) is 0 Å². The summed E-state index contributed by atoms with van der Waals surface area (Å²) in [6, 6.07) is 0.557. The van der Waals surface area contributed by atoms with Gasteiger partial charge in [0.2, 0.25) is 5.91 Å². The van der Waals surface area contributed by atoms with Gasteiger partial charge in [-0.1, -0.05) is 13.8 Å². The van der Waals surface area contributed by atoms with Crippen LogP contribution in [0.3, 0.4) is 0 Å².